The molecule has 0 spiro atoms. The summed E-state index contributed by atoms with van der Waals surface area (Å²) in [5.74, 6) is 0.723. The van der Waals surface area contributed by atoms with Gasteiger partial charge in [-0.2, -0.15) is 0 Å². The number of likely N-dealkylation sites (N-methyl/N-ethyl adjacent to an activating group) is 2. The third-order valence-electron chi connectivity index (χ3n) is 6.69. The molecule has 0 aromatic rings. The molecule has 2 fully saturated rings. The maximum absolute atomic E-state index is 11.7. The van der Waals surface area contributed by atoms with Gasteiger partial charge in [0, 0.05) is 17.9 Å². The molecule has 6 atom stereocenters. The van der Waals surface area contributed by atoms with Crippen LogP contribution in [0.1, 0.15) is 46.5 Å². The Morgan fingerprint density at radius 3 is 2.77 bits per heavy atom. The summed E-state index contributed by atoms with van der Waals surface area (Å²) in [4.78, 5) is 5.60. The monoisotopic (exact) mass is 366 g/mol. The lowest BCUT2D eigenvalue weighted by atomic mass is 9.60. The average molecular weight is 367 g/mol. The van der Waals surface area contributed by atoms with Gasteiger partial charge < -0.3 is 21.0 Å². The van der Waals surface area contributed by atoms with E-state index in [2.05, 4.69) is 42.6 Å². The first-order valence-electron chi connectivity index (χ1n) is 9.98. The smallest absolute Gasteiger partial charge is 0.190 e. The molecule has 0 radical (unpaired) electrons. The number of nitrogens with two attached hydrogens (primary N) is 1. The lowest BCUT2D eigenvalue weighted by Crippen LogP contribution is -2.50. The Balaban J connectivity index is 2.28. The first-order chi connectivity index (χ1) is 12.3. The van der Waals surface area contributed by atoms with Crippen molar-refractivity contribution in [2.75, 3.05) is 27.2 Å². The van der Waals surface area contributed by atoms with Crippen LogP contribution in [0, 0.1) is 23.2 Å². The first kappa shape index (κ1) is 21.4. The highest BCUT2D eigenvalue weighted by molar-refractivity contribution is 5.68. The van der Waals surface area contributed by atoms with E-state index in [0.717, 1.165) is 25.7 Å². The molecule has 0 aromatic heterocycles. The van der Waals surface area contributed by atoms with Crippen molar-refractivity contribution in [3.8, 4) is 0 Å². The minimum Gasteiger partial charge on any atom is -0.389 e. The summed E-state index contributed by atoms with van der Waals surface area (Å²) in [6.45, 7) is 7.91. The maximum atomic E-state index is 11.7. The highest BCUT2D eigenvalue weighted by Gasteiger charge is 2.63. The second kappa shape index (κ2) is 8.83. The molecule has 3 unspecified atom stereocenters. The molecule has 0 aliphatic heterocycles. The number of hydrogen-bond donors (Lipinski definition) is 4. The molecular weight excluding hydrogens is 328 g/mol. The van der Waals surface area contributed by atoms with Crippen LogP contribution in [0.4, 0.5) is 0 Å². The zero-order chi connectivity index (χ0) is 19.4. The number of fused-ring (bicyclic) bond motifs is 1. The van der Waals surface area contributed by atoms with Gasteiger partial charge >= 0.3 is 0 Å². The largest absolute Gasteiger partial charge is 0.389 e. The Morgan fingerprint density at radius 2 is 2.15 bits per heavy atom. The summed E-state index contributed by atoms with van der Waals surface area (Å²) in [6.07, 6.45) is 7.78. The second-order valence-electron chi connectivity index (χ2n) is 8.35. The van der Waals surface area contributed by atoms with Crippen molar-refractivity contribution in [2.24, 2.45) is 34.1 Å². The van der Waals surface area contributed by atoms with Crippen molar-refractivity contribution in [1.82, 2.24) is 10.6 Å². The molecule has 0 bridgehead atoms. The Kier molecular flexibility index (Phi) is 7.25. The number of oxime groups is 1. The molecule has 0 saturated heterocycles. The topological polar surface area (TPSA) is 91.9 Å². The predicted molar refractivity (Wildman–Crippen MR) is 107 cm³/mol. The number of nitrogens with one attached hydrogen (secondary N) is 2. The van der Waals surface area contributed by atoms with Gasteiger partial charge in [-0.25, -0.2) is 0 Å². The number of nitrogens with zero attached hydrogens (tertiary/aromatic N) is 1. The van der Waals surface area contributed by atoms with Crippen LogP contribution < -0.4 is 16.4 Å². The Hall–Kier alpha value is -0.950. The van der Waals surface area contributed by atoms with Crippen LogP contribution in [0.2, 0.25) is 0 Å². The third kappa shape index (κ3) is 3.84. The highest BCUT2D eigenvalue weighted by Crippen LogP contribution is 2.63. The quantitative estimate of drug-likeness (QED) is 0.228. The molecule has 6 heteroatoms. The van der Waals surface area contributed by atoms with Gasteiger partial charge in [0.05, 0.1) is 11.8 Å². The van der Waals surface area contributed by atoms with Gasteiger partial charge in [-0.1, -0.05) is 37.6 Å². The number of rotatable bonds is 8. The molecular formula is C20H38N4O2. The normalized spacial score (nSPS) is 40.1. The fourth-order valence-corrected chi connectivity index (χ4v) is 4.99. The van der Waals surface area contributed by atoms with Crippen molar-refractivity contribution in [3.63, 3.8) is 0 Å². The van der Waals surface area contributed by atoms with Crippen LogP contribution in [-0.4, -0.2) is 50.3 Å². The van der Waals surface area contributed by atoms with Gasteiger partial charge in [0.25, 0.3) is 0 Å². The summed E-state index contributed by atoms with van der Waals surface area (Å²) < 4.78 is 0. The van der Waals surface area contributed by atoms with Crippen molar-refractivity contribution in [2.45, 2.75) is 58.3 Å². The van der Waals surface area contributed by atoms with E-state index in [9.17, 15) is 5.11 Å². The zero-order valence-corrected chi connectivity index (χ0v) is 17.1. The van der Waals surface area contributed by atoms with Crippen LogP contribution in [0.15, 0.2) is 16.8 Å². The third-order valence-corrected chi connectivity index (χ3v) is 6.69. The fraction of sp³-hybridized carbons (Fsp3) is 0.850. The summed E-state index contributed by atoms with van der Waals surface area (Å²) in [5, 5.41) is 22.1. The molecule has 26 heavy (non-hydrogen) atoms. The molecule has 5 N–H and O–H groups in total. The Bertz CT molecular complexity index is 524. The predicted octanol–water partition coefficient (Wildman–Crippen LogP) is 1.85. The van der Waals surface area contributed by atoms with Crippen molar-refractivity contribution in [1.29, 1.82) is 0 Å². The molecule has 2 saturated carbocycles. The highest BCUT2D eigenvalue weighted by atomic mass is 16.6. The molecule has 2 aliphatic rings. The van der Waals surface area contributed by atoms with E-state index in [0.29, 0.717) is 19.0 Å². The summed E-state index contributed by atoms with van der Waals surface area (Å²) in [7, 11) is 3.73. The maximum Gasteiger partial charge on any atom is 0.190 e. The van der Waals surface area contributed by atoms with Crippen LogP contribution in [0.5, 0.6) is 0 Å². The van der Waals surface area contributed by atoms with E-state index in [1.165, 1.54) is 5.57 Å². The number of aliphatic hydroxyl groups is 1. The molecule has 0 heterocycles. The molecule has 2 rings (SSSR count). The molecule has 0 amide bonds. The van der Waals surface area contributed by atoms with E-state index >= 15 is 0 Å². The summed E-state index contributed by atoms with van der Waals surface area (Å²) >= 11 is 0. The molecule has 0 aromatic carbocycles. The molecule has 150 valence electrons. The standard InChI is InChI=1S/C20H38N4O2/c1-14-8-9-19(3)17(7-6-10-21)16(15(2)20(19,25)11-14)12-24-26-18(23-5)13-22-4/h7,12,14-16,18,22-23,25H,6,8-11,13,21H2,1-5H3/b17-7+,24-12?/t14?,15?,16?,18-,19+,20-/m0/s1. The van der Waals surface area contributed by atoms with Gasteiger partial charge in [-0.05, 0) is 58.2 Å². The van der Waals surface area contributed by atoms with E-state index < -0.39 is 5.60 Å². The van der Waals surface area contributed by atoms with Crippen LogP contribution >= 0.6 is 0 Å². The SMILES string of the molecule is CNC[C@@H](NC)ON=CC1/C(=C\CCN)[C@@]2(C)CCC(C)C[C@]2(O)C1C. The van der Waals surface area contributed by atoms with E-state index in [1.54, 1.807) is 0 Å². The van der Waals surface area contributed by atoms with Gasteiger partial charge in [0.2, 0.25) is 0 Å². The number of hydrogen-bond acceptors (Lipinski definition) is 6. The first-order valence-corrected chi connectivity index (χ1v) is 9.98. The van der Waals surface area contributed by atoms with Crippen molar-refractivity contribution in [3.05, 3.63) is 11.6 Å². The minimum atomic E-state index is -0.699. The van der Waals surface area contributed by atoms with Crippen LogP contribution in [0.3, 0.4) is 0 Å². The lowest BCUT2D eigenvalue weighted by Gasteiger charge is -2.48. The van der Waals surface area contributed by atoms with E-state index in [1.807, 2.05) is 20.3 Å². The van der Waals surface area contributed by atoms with E-state index in [4.69, 9.17) is 10.6 Å². The summed E-state index contributed by atoms with van der Waals surface area (Å²) in [6, 6.07) is 0. The van der Waals surface area contributed by atoms with E-state index in [-0.39, 0.29) is 23.5 Å². The van der Waals surface area contributed by atoms with Crippen molar-refractivity contribution >= 4 is 6.21 Å². The molecule has 6 nitrogen and oxygen atoms in total. The van der Waals surface area contributed by atoms with Crippen molar-refractivity contribution < 1.29 is 9.94 Å². The Morgan fingerprint density at radius 1 is 1.42 bits per heavy atom. The summed E-state index contributed by atoms with van der Waals surface area (Å²) in [5.41, 5.74) is 6.14. The van der Waals surface area contributed by atoms with Gasteiger partial charge in [-0.3, -0.25) is 5.32 Å². The molecule has 2 aliphatic carbocycles. The zero-order valence-electron chi connectivity index (χ0n) is 17.1. The minimum absolute atomic E-state index is 0.0777. The average Bonchev–Trinajstić information content (AvgIpc) is 2.77. The van der Waals surface area contributed by atoms with Gasteiger partial charge in [-0.15, -0.1) is 0 Å². The van der Waals surface area contributed by atoms with Gasteiger partial charge in [0.15, 0.2) is 6.23 Å². The van der Waals surface area contributed by atoms with Crippen LogP contribution in [-0.2, 0) is 4.84 Å². The lowest BCUT2D eigenvalue weighted by molar-refractivity contribution is -0.112. The van der Waals surface area contributed by atoms with Crippen LogP contribution in [0.25, 0.3) is 0 Å². The van der Waals surface area contributed by atoms with Gasteiger partial charge in [0.1, 0.15) is 0 Å². The fourth-order valence-electron chi connectivity index (χ4n) is 4.99. The second-order valence-corrected chi connectivity index (χ2v) is 8.35. The Labute approximate surface area is 158 Å².